The molecule has 1 unspecified atom stereocenters. The van der Waals surface area contributed by atoms with Crippen molar-refractivity contribution < 1.29 is 23.2 Å². The lowest BCUT2D eigenvalue weighted by Gasteiger charge is -2.26. The van der Waals surface area contributed by atoms with Crippen molar-refractivity contribution >= 4 is 5.91 Å². The highest BCUT2D eigenvalue weighted by Gasteiger charge is 2.24. The first kappa shape index (κ1) is 22.0. The lowest BCUT2D eigenvalue weighted by molar-refractivity contribution is -0.133. The van der Waals surface area contributed by atoms with Gasteiger partial charge in [-0.05, 0) is 43.2 Å². The molecule has 2 aromatic carbocycles. The first-order valence-electron chi connectivity index (χ1n) is 10.7. The number of benzene rings is 2. The third-order valence-corrected chi connectivity index (χ3v) is 5.48. The number of nitrogens with zero attached hydrogens (tertiary/aromatic N) is 3. The van der Waals surface area contributed by atoms with Crippen LogP contribution < -0.4 is 4.74 Å². The Balaban J connectivity index is 1.42. The largest absolute Gasteiger partial charge is 0.496 e. The minimum Gasteiger partial charge on any atom is -0.496 e. The van der Waals surface area contributed by atoms with Gasteiger partial charge in [0, 0.05) is 43.7 Å². The van der Waals surface area contributed by atoms with Gasteiger partial charge in [0.05, 0.1) is 13.2 Å². The van der Waals surface area contributed by atoms with Gasteiger partial charge in [0.1, 0.15) is 11.6 Å². The molecular weight excluding hydrogens is 413 g/mol. The first-order chi connectivity index (χ1) is 15.6. The van der Waals surface area contributed by atoms with Gasteiger partial charge in [-0.2, -0.15) is 4.98 Å². The molecule has 168 valence electrons. The minimum absolute atomic E-state index is 0.0204. The highest BCUT2D eigenvalue weighted by Crippen LogP contribution is 2.22. The Bertz CT molecular complexity index is 1030. The topological polar surface area (TPSA) is 77.7 Å². The second-order valence-electron chi connectivity index (χ2n) is 7.74. The predicted octanol–water partition coefficient (Wildman–Crippen LogP) is 4.02. The normalized spacial score (nSPS) is 15.6. The number of aryl methyl sites for hydroxylation is 1. The van der Waals surface area contributed by atoms with Crippen LogP contribution in [-0.4, -0.2) is 47.3 Å². The van der Waals surface area contributed by atoms with Crippen molar-refractivity contribution in [1.82, 2.24) is 15.0 Å². The van der Waals surface area contributed by atoms with E-state index in [1.807, 2.05) is 29.2 Å². The zero-order valence-corrected chi connectivity index (χ0v) is 18.0. The summed E-state index contributed by atoms with van der Waals surface area (Å²) < 4.78 is 29.6. The molecule has 0 spiro atoms. The number of halogens is 1. The number of carbonyl (C=O) groups excluding carboxylic acids is 1. The van der Waals surface area contributed by atoms with Crippen molar-refractivity contribution in [3.8, 4) is 17.1 Å². The number of para-hydroxylation sites is 1. The van der Waals surface area contributed by atoms with Crippen molar-refractivity contribution in [2.75, 3.05) is 20.3 Å². The van der Waals surface area contributed by atoms with Crippen LogP contribution in [0.2, 0.25) is 0 Å². The van der Waals surface area contributed by atoms with Crippen LogP contribution in [0.15, 0.2) is 53.1 Å². The molecular formula is C24H26FN3O4. The number of aromatic nitrogens is 2. The molecule has 1 aliphatic heterocycles. The zero-order chi connectivity index (χ0) is 22.3. The number of amides is 1. The summed E-state index contributed by atoms with van der Waals surface area (Å²) in [4.78, 5) is 19.3. The van der Waals surface area contributed by atoms with Crippen LogP contribution in [0, 0.1) is 5.82 Å². The fraction of sp³-hybridized carbons (Fsp3) is 0.375. The molecule has 8 heteroatoms. The molecule has 1 fully saturated rings. The minimum atomic E-state index is -0.329. The number of ether oxygens (including phenoxy) is 2. The second kappa shape index (κ2) is 10.4. The van der Waals surface area contributed by atoms with Gasteiger partial charge < -0.3 is 18.9 Å². The van der Waals surface area contributed by atoms with E-state index in [9.17, 15) is 9.18 Å². The average Bonchev–Trinajstić information content (AvgIpc) is 3.50. The Morgan fingerprint density at radius 3 is 2.78 bits per heavy atom. The van der Waals surface area contributed by atoms with E-state index in [-0.39, 0.29) is 24.2 Å². The zero-order valence-electron chi connectivity index (χ0n) is 18.0. The molecule has 1 atom stereocenters. The van der Waals surface area contributed by atoms with E-state index in [0.29, 0.717) is 36.8 Å². The van der Waals surface area contributed by atoms with Crippen molar-refractivity contribution in [2.24, 2.45) is 0 Å². The van der Waals surface area contributed by atoms with Crippen LogP contribution >= 0.6 is 0 Å². The van der Waals surface area contributed by atoms with E-state index in [4.69, 9.17) is 14.0 Å². The molecule has 3 aromatic rings. The lowest BCUT2D eigenvalue weighted by Crippen LogP contribution is -2.37. The molecule has 0 aliphatic carbocycles. The van der Waals surface area contributed by atoms with Crippen molar-refractivity contribution in [3.05, 3.63) is 65.8 Å². The van der Waals surface area contributed by atoms with E-state index in [1.165, 1.54) is 12.1 Å². The van der Waals surface area contributed by atoms with Crippen LogP contribution in [0.5, 0.6) is 5.75 Å². The predicted molar refractivity (Wildman–Crippen MR) is 115 cm³/mol. The first-order valence-corrected chi connectivity index (χ1v) is 10.7. The number of methoxy groups -OCH3 is 1. The molecule has 2 heterocycles. The molecule has 32 heavy (non-hydrogen) atoms. The molecule has 0 saturated carbocycles. The van der Waals surface area contributed by atoms with Crippen LogP contribution in [0.25, 0.3) is 11.4 Å². The Hall–Kier alpha value is -3.26. The average molecular weight is 439 g/mol. The fourth-order valence-electron chi connectivity index (χ4n) is 3.77. The number of hydrogen-bond donors (Lipinski definition) is 0. The number of carbonyl (C=O) groups is 1. The maximum absolute atomic E-state index is 13.1. The summed E-state index contributed by atoms with van der Waals surface area (Å²) in [6.45, 7) is 1.70. The monoisotopic (exact) mass is 439 g/mol. The molecule has 0 radical (unpaired) electrons. The third-order valence-electron chi connectivity index (χ3n) is 5.48. The molecule has 0 bridgehead atoms. The number of rotatable bonds is 9. The summed E-state index contributed by atoms with van der Waals surface area (Å²) in [6, 6.07) is 13.6. The van der Waals surface area contributed by atoms with E-state index in [1.54, 1.807) is 19.2 Å². The maximum Gasteiger partial charge on any atom is 0.227 e. The highest BCUT2D eigenvalue weighted by atomic mass is 19.1. The molecule has 0 N–H and O–H groups in total. The van der Waals surface area contributed by atoms with Gasteiger partial charge in [-0.1, -0.05) is 23.4 Å². The quantitative estimate of drug-likeness (QED) is 0.501. The van der Waals surface area contributed by atoms with E-state index < -0.39 is 0 Å². The van der Waals surface area contributed by atoms with E-state index in [0.717, 1.165) is 30.8 Å². The molecule has 7 nitrogen and oxygen atoms in total. The van der Waals surface area contributed by atoms with Crippen LogP contribution in [0.1, 0.15) is 30.7 Å². The Morgan fingerprint density at radius 2 is 2.03 bits per heavy atom. The van der Waals surface area contributed by atoms with Gasteiger partial charge in [-0.25, -0.2) is 4.39 Å². The van der Waals surface area contributed by atoms with Crippen molar-refractivity contribution in [2.45, 2.75) is 38.3 Å². The van der Waals surface area contributed by atoms with E-state index in [2.05, 4.69) is 10.1 Å². The number of hydrogen-bond acceptors (Lipinski definition) is 6. The Labute approximate surface area is 186 Å². The molecule has 4 rings (SSSR count). The molecule has 1 aromatic heterocycles. The van der Waals surface area contributed by atoms with Crippen molar-refractivity contribution in [1.29, 1.82) is 0 Å². The van der Waals surface area contributed by atoms with Crippen LogP contribution in [-0.2, 0) is 22.5 Å². The van der Waals surface area contributed by atoms with Gasteiger partial charge in [-0.15, -0.1) is 0 Å². The smallest absolute Gasteiger partial charge is 0.227 e. The van der Waals surface area contributed by atoms with Gasteiger partial charge in [0.2, 0.25) is 17.6 Å². The molecule has 1 amide bonds. The van der Waals surface area contributed by atoms with E-state index >= 15 is 0 Å². The second-order valence-corrected chi connectivity index (χ2v) is 7.74. The fourth-order valence-corrected chi connectivity index (χ4v) is 3.77. The summed E-state index contributed by atoms with van der Waals surface area (Å²) in [6.07, 6.45) is 2.55. The standard InChI is InChI=1S/C24H26FN3O4/c1-30-21-7-3-2-5-18(21)15-28(16-20-6-4-14-31-20)23(29)13-12-22-26-24(27-32-22)17-8-10-19(25)11-9-17/h2-3,5,7-11,20H,4,6,12-16H2,1H3. The SMILES string of the molecule is COc1ccccc1CN(CC1CCCO1)C(=O)CCc1nc(-c2ccc(F)cc2)no1. The summed E-state index contributed by atoms with van der Waals surface area (Å²) >= 11 is 0. The Morgan fingerprint density at radius 1 is 1.22 bits per heavy atom. The lowest BCUT2D eigenvalue weighted by atomic mass is 10.1. The molecule has 1 aliphatic rings. The maximum atomic E-state index is 13.1. The third kappa shape index (κ3) is 5.50. The van der Waals surface area contributed by atoms with Crippen LogP contribution in [0.3, 0.4) is 0 Å². The Kier molecular flexibility index (Phi) is 7.11. The van der Waals surface area contributed by atoms with Gasteiger partial charge >= 0.3 is 0 Å². The summed E-state index contributed by atoms with van der Waals surface area (Å²) in [5.74, 6) is 1.14. The van der Waals surface area contributed by atoms with Gasteiger partial charge in [0.25, 0.3) is 0 Å². The molecule has 1 saturated heterocycles. The summed E-state index contributed by atoms with van der Waals surface area (Å²) in [5.41, 5.74) is 1.60. The van der Waals surface area contributed by atoms with Crippen molar-refractivity contribution in [3.63, 3.8) is 0 Å². The summed E-state index contributed by atoms with van der Waals surface area (Å²) in [7, 11) is 1.62. The van der Waals surface area contributed by atoms with Crippen LogP contribution in [0.4, 0.5) is 4.39 Å². The van der Waals surface area contributed by atoms with Gasteiger partial charge in [-0.3, -0.25) is 4.79 Å². The highest BCUT2D eigenvalue weighted by molar-refractivity contribution is 5.76. The summed E-state index contributed by atoms with van der Waals surface area (Å²) in [5, 5.41) is 3.94. The van der Waals surface area contributed by atoms with Gasteiger partial charge in [0.15, 0.2) is 0 Å².